The summed E-state index contributed by atoms with van der Waals surface area (Å²) in [7, 11) is 0. The fraction of sp³-hybridized carbons (Fsp3) is 0.250. The summed E-state index contributed by atoms with van der Waals surface area (Å²) in [4.78, 5) is 0. The highest BCUT2D eigenvalue weighted by Crippen LogP contribution is 2.29. The van der Waals surface area contributed by atoms with Gasteiger partial charge in [-0.15, -0.1) is 0 Å². The van der Waals surface area contributed by atoms with E-state index in [0.29, 0.717) is 21.7 Å². The lowest BCUT2D eigenvalue weighted by Gasteiger charge is -2.15. The first-order chi connectivity index (χ1) is 9.99. The van der Waals surface area contributed by atoms with E-state index in [1.54, 1.807) is 6.07 Å². The number of benzene rings is 2. The fourth-order valence-electron chi connectivity index (χ4n) is 2.01. The number of hydrogen-bond donors (Lipinski definition) is 1. The number of nitrogens with two attached hydrogens (primary N) is 1. The van der Waals surface area contributed by atoms with Gasteiger partial charge >= 0.3 is 0 Å². The van der Waals surface area contributed by atoms with E-state index >= 15 is 0 Å². The van der Waals surface area contributed by atoms with E-state index in [1.165, 1.54) is 6.07 Å². The third-order valence-electron chi connectivity index (χ3n) is 3.02. The summed E-state index contributed by atoms with van der Waals surface area (Å²) in [6.07, 6.45) is 0.624. The molecule has 1 unspecified atom stereocenters. The van der Waals surface area contributed by atoms with Crippen molar-refractivity contribution < 1.29 is 9.13 Å². The normalized spacial score (nSPS) is 12.2. The van der Waals surface area contributed by atoms with Crippen LogP contribution >= 0.6 is 27.5 Å². The molecule has 0 bridgehead atoms. The van der Waals surface area contributed by atoms with Crippen molar-refractivity contribution in [2.45, 2.75) is 26.0 Å². The van der Waals surface area contributed by atoms with Crippen molar-refractivity contribution in [2.75, 3.05) is 0 Å². The zero-order chi connectivity index (χ0) is 15.4. The standard InChI is InChI=1S/C16H16BrClFNO/c1-10(20)8-12-13(18)5-3-7-15(12)21-9-11-4-2-6-14(19)16(11)17/h2-7,10H,8-9,20H2,1H3. The van der Waals surface area contributed by atoms with Crippen LogP contribution in [0.5, 0.6) is 5.75 Å². The second-order valence-corrected chi connectivity index (χ2v) is 6.10. The van der Waals surface area contributed by atoms with Gasteiger partial charge in [0.15, 0.2) is 0 Å². The van der Waals surface area contributed by atoms with Gasteiger partial charge < -0.3 is 10.5 Å². The Morgan fingerprint density at radius 3 is 2.71 bits per heavy atom. The van der Waals surface area contributed by atoms with Crippen LogP contribution in [-0.4, -0.2) is 6.04 Å². The van der Waals surface area contributed by atoms with Crippen molar-refractivity contribution >= 4 is 27.5 Å². The van der Waals surface area contributed by atoms with Gasteiger partial charge in [0, 0.05) is 22.2 Å². The predicted molar refractivity (Wildman–Crippen MR) is 87.2 cm³/mol. The van der Waals surface area contributed by atoms with Crippen LogP contribution in [0.4, 0.5) is 4.39 Å². The zero-order valence-corrected chi connectivity index (χ0v) is 13.9. The summed E-state index contributed by atoms with van der Waals surface area (Å²) >= 11 is 9.43. The Hall–Kier alpha value is -1.10. The lowest BCUT2D eigenvalue weighted by atomic mass is 10.1. The molecule has 5 heteroatoms. The third kappa shape index (κ3) is 4.19. The topological polar surface area (TPSA) is 35.2 Å². The molecule has 0 saturated heterocycles. The lowest BCUT2D eigenvalue weighted by Crippen LogP contribution is -2.18. The maximum Gasteiger partial charge on any atom is 0.137 e. The van der Waals surface area contributed by atoms with E-state index in [1.807, 2.05) is 31.2 Å². The monoisotopic (exact) mass is 371 g/mol. The van der Waals surface area contributed by atoms with Crippen LogP contribution in [0.1, 0.15) is 18.1 Å². The Kier molecular flexibility index (Phi) is 5.62. The molecule has 0 aliphatic rings. The summed E-state index contributed by atoms with van der Waals surface area (Å²) < 4.78 is 19.7. The molecule has 0 aromatic heterocycles. The molecule has 0 aliphatic heterocycles. The van der Waals surface area contributed by atoms with Crippen molar-refractivity contribution in [2.24, 2.45) is 5.73 Å². The van der Waals surface area contributed by atoms with Crippen molar-refractivity contribution in [1.29, 1.82) is 0 Å². The molecule has 2 aromatic rings. The van der Waals surface area contributed by atoms with Gasteiger partial charge in [0.25, 0.3) is 0 Å². The first-order valence-electron chi connectivity index (χ1n) is 6.57. The summed E-state index contributed by atoms with van der Waals surface area (Å²) in [6, 6.07) is 10.3. The molecule has 2 aromatic carbocycles. The molecule has 0 heterocycles. The van der Waals surface area contributed by atoms with Crippen molar-refractivity contribution in [3.63, 3.8) is 0 Å². The third-order valence-corrected chi connectivity index (χ3v) is 4.26. The summed E-state index contributed by atoms with van der Waals surface area (Å²) in [5, 5.41) is 0.628. The van der Waals surface area contributed by atoms with E-state index in [2.05, 4.69) is 15.9 Å². The zero-order valence-electron chi connectivity index (χ0n) is 11.6. The molecule has 0 spiro atoms. The van der Waals surface area contributed by atoms with Crippen LogP contribution in [0.3, 0.4) is 0 Å². The van der Waals surface area contributed by atoms with Gasteiger partial charge in [-0.1, -0.05) is 29.8 Å². The van der Waals surface area contributed by atoms with E-state index in [4.69, 9.17) is 22.1 Å². The summed E-state index contributed by atoms with van der Waals surface area (Å²) in [6.45, 7) is 2.17. The van der Waals surface area contributed by atoms with Crippen LogP contribution in [0.25, 0.3) is 0 Å². The Balaban J connectivity index is 2.20. The van der Waals surface area contributed by atoms with Crippen LogP contribution in [0.2, 0.25) is 5.02 Å². The molecule has 2 N–H and O–H groups in total. The minimum absolute atomic E-state index is 0.0202. The van der Waals surface area contributed by atoms with E-state index in [9.17, 15) is 4.39 Å². The highest BCUT2D eigenvalue weighted by atomic mass is 79.9. The smallest absolute Gasteiger partial charge is 0.137 e. The van der Waals surface area contributed by atoms with Gasteiger partial charge in [0.2, 0.25) is 0 Å². The Labute approximate surface area is 137 Å². The highest BCUT2D eigenvalue weighted by molar-refractivity contribution is 9.10. The molecule has 0 fully saturated rings. The number of hydrogen-bond acceptors (Lipinski definition) is 2. The second-order valence-electron chi connectivity index (χ2n) is 4.90. The largest absolute Gasteiger partial charge is 0.489 e. The highest BCUT2D eigenvalue weighted by Gasteiger charge is 2.12. The van der Waals surface area contributed by atoms with Crippen LogP contribution in [-0.2, 0) is 13.0 Å². The first kappa shape index (κ1) is 16.3. The van der Waals surface area contributed by atoms with Gasteiger partial charge in [0.1, 0.15) is 18.2 Å². The minimum Gasteiger partial charge on any atom is -0.489 e. The maximum atomic E-state index is 13.5. The molecular weight excluding hydrogens is 357 g/mol. The fourth-order valence-corrected chi connectivity index (χ4v) is 2.63. The minimum atomic E-state index is -0.307. The summed E-state index contributed by atoms with van der Waals surface area (Å²) in [5.74, 6) is 0.369. The number of rotatable bonds is 5. The molecule has 0 saturated carbocycles. The van der Waals surface area contributed by atoms with E-state index in [0.717, 1.165) is 11.1 Å². The Morgan fingerprint density at radius 2 is 2.00 bits per heavy atom. The first-order valence-corrected chi connectivity index (χ1v) is 7.74. The van der Waals surface area contributed by atoms with Crippen LogP contribution in [0.15, 0.2) is 40.9 Å². The molecule has 0 radical (unpaired) electrons. The van der Waals surface area contributed by atoms with Gasteiger partial charge in [-0.25, -0.2) is 4.39 Å². The van der Waals surface area contributed by atoms with Crippen molar-refractivity contribution in [3.8, 4) is 5.75 Å². The van der Waals surface area contributed by atoms with Gasteiger partial charge in [0.05, 0.1) is 4.47 Å². The predicted octanol–water partition coefficient (Wildman–Crippen LogP) is 4.71. The molecule has 0 amide bonds. The van der Waals surface area contributed by atoms with E-state index < -0.39 is 0 Å². The van der Waals surface area contributed by atoms with Crippen molar-refractivity contribution in [3.05, 3.63) is 62.8 Å². The molecule has 112 valence electrons. The SMILES string of the molecule is CC(N)Cc1c(Cl)cccc1OCc1cccc(F)c1Br. The molecule has 21 heavy (non-hydrogen) atoms. The van der Waals surface area contributed by atoms with Gasteiger partial charge in [-0.05, 0) is 47.5 Å². The Morgan fingerprint density at radius 1 is 1.29 bits per heavy atom. The molecule has 2 nitrogen and oxygen atoms in total. The summed E-state index contributed by atoms with van der Waals surface area (Å²) in [5.41, 5.74) is 7.46. The molecule has 1 atom stereocenters. The Bertz CT molecular complexity index is 634. The number of halogens is 3. The average Bonchev–Trinajstić information content (AvgIpc) is 2.43. The average molecular weight is 373 g/mol. The quantitative estimate of drug-likeness (QED) is 0.825. The second kappa shape index (κ2) is 7.25. The molecular formula is C16H16BrClFNO. The van der Waals surface area contributed by atoms with Gasteiger partial charge in [-0.2, -0.15) is 0 Å². The maximum absolute atomic E-state index is 13.5. The lowest BCUT2D eigenvalue weighted by molar-refractivity contribution is 0.301. The van der Waals surface area contributed by atoms with Crippen LogP contribution in [0, 0.1) is 5.82 Å². The van der Waals surface area contributed by atoms with Crippen LogP contribution < -0.4 is 10.5 Å². The molecule has 2 rings (SSSR count). The number of ether oxygens (including phenoxy) is 1. The van der Waals surface area contributed by atoms with Gasteiger partial charge in [-0.3, -0.25) is 0 Å². The van der Waals surface area contributed by atoms with E-state index in [-0.39, 0.29) is 18.5 Å². The van der Waals surface area contributed by atoms with Crippen molar-refractivity contribution in [1.82, 2.24) is 0 Å². The molecule has 0 aliphatic carbocycles.